The van der Waals surface area contributed by atoms with Gasteiger partial charge in [0.15, 0.2) is 5.58 Å². The van der Waals surface area contributed by atoms with Crippen molar-refractivity contribution in [3.8, 4) is 11.6 Å². The number of nitrogens with zero attached hydrogens (tertiary/aromatic N) is 2. The van der Waals surface area contributed by atoms with Crippen molar-refractivity contribution >= 4 is 22.9 Å². The van der Waals surface area contributed by atoms with Crippen LogP contribution in [0.2, 0.25) is 0 Å². The highest BCUT2D eigenvalue weighted by Gasteiger charge is 2.57. The van der Waals surface area contributed by atoms with Crippen LogP contribution in [0.15, 0.2) is 39.8 Å². The van der Waals surface area contributed by atoms with Gasteiger partial charge < -0.3 is 4.42 Å². The van der Waals surface area contributed by atoms with Crippen molar-refractivity contribution in [2.24, 2.45) is 0 Å². The number of hydrogen-bond acceptors (Lipinski definition) is 5. The number of hydrogen-bond donors (Lipinski definition) is 0. The molecule has 3 aromatic rings. The molecule has 0 aliphatic carbocycles. The summed E-state index contributed by atoms with van der Waals surface area (Å²) in [6, 6.07) is 5.28. The summed E-state index contributed by atoms with van der Waals surface area (Å²) in [7, 11) is 0. The normalized spacial score (nSPS) is 17.8. The lowest BCUT2D eigenvalue weighted by molar-refractivity contribution is -0.369. The third-order valence-corrected chi connectivity index (χ3v) is 4.61. The molecule has 9 heteroatoms. The Labute approximate surface area is 143 Å². The minimum absolute atomic E-state index is 0.0344. The zero-order chi connectivity index (χ0) is 17.8. The third-order valence-electron chi connectivity index (χ3n) is 3.68. The predicted molar refractivity (Wildman–Crippen MR) is 82.5 cm³/mol. The van der Waals surface area contributed by atoms with E-state index in [1.165, 1.54) is 11.8 Å². The number of rotatable bonds is 3. The van der Waals surface area contributed by atoms with Crippen LogP contribution in [0.25, 0.3) is 22.7 Å². The van der Waals surface area contributed by atoms with E-state index in [0.29, 0.717) is 5.69 Å². The fraction of sp³-hybridized carbons (Fsp3) is 0.250. The number of thioether (sulfide) groups is 1. The number of aromatic nitrogens is 2. The lowest BCUT2D eigenvalue weighted by atomic mass is 10.1. The molecule has 0 amide bonds. The third kappa shape index (κ3) is 2.58. The summed E-state index contributed by atoms with van der Waals surface area (Å²) >= 11 is 1.51. The molecule has 0 saturated heterocycles. The zero-order valence-corrected chi connectivity index (χ0v) is 13.5. The molecule has 0 spiro atoms. The molecule has 0 radical (unpaired) electrons. The molecule has 1 aromatic carbocycles. The molecular weight excluding hydrogens is 360 g/mol. The van der Waals surface area contributed by atoms with Crippen LogP contribution in [-0.4, -0.2) is 15.7 Å². The zero-order valence-electron chi connectivity index (χ0n) is 12.7. The van der Waals surface area contributed by atoms with E-state index < -0.39 is 23.3 Å². The minimum atomic E-state index is -4.09. The van der Waals surface area contributed by atoms with Gasteiger partial charge in [0.25, 0.3) is 0 Å². The van der Waals surface area contributed by atoms with Crippen LogP contribution >= 0.6 is 11.8 Å². The number of oxazole rings is 1. The smallest absolute Gasteiger partial charge is 0.388 e. The van der Waals surface area contributed by atoms with Gasteiger partial charge in [0.05, 0.1) is 11.1 Å². The van der Waals surface area contributed by atoms with E-state index in [2.05, 4.69) is 14.7 Å². The van der Waals surface area contributed by atoms with E-state index in [-0.39, 0.29) is 17.0 Å². The summed E-state index contributed by atoms with van der Waals surface area (Å²) in [5, 5.41) is 0. The Morgan fingerprint density at radius 2 is 1.84 bits per heavy atom. The SMILES string of the molecule is CCSc1cccnc1-c1nc2cc3c(cc2o1)C(F)(F)OC3(F)F. The Morgan fingerprint density at radius 3 is 2.56 bits per heavy atom. The fourth-order valence-corrected chi connectivity index (χ4v) is 3.41. The molecule has 1 aliphatic rings. The molecule has 1 aliphatic heterocycles. The van der Waals surface area contributed by atoms with Crippen LogP contribution in [0.4, 0.5) is 17.6 Å². The van der Waals surface area contributed by atoms with Crippen molar-refractivity contribution in [1.82, 2.24) is 9.97 Å². The summed E-state index contributed by atoms with van der Waals surface area (Å²) in [6.45, 7) is 1.96. The van der Waals surface area contributed by atoms with E-state index in [4.69, 9.17) is 4.42 Å². The Balaban J connectivity index is 1.89. The summed E-state index contributed by atoms with van der Waals surface area (Å²) in [5.41, 5.74) is -1.40. The van der Waals surface area contributed by atoms with Gasteiger partial charge in [-0.15, -0.1) is 11.8 Å². The molecular formula is C16H10F4N2O2S. The van der Waals surface area contributed by atoms with Crippen LogP contribution in [0.1, 0.15) is 18.1 Å². The maximum atomic E-state index is 13.7. The lowest BCUT2D eigenvalue weighted by Crippen LogP contribution is -2.17. The van der Waals surface area contributed by atoms with Gasteiger partial charge in [0.2, 0.25) is 5.89 Å². The Hall–Kier alpha value is -2.13. The first-order chi connectivity index (χ1) is 11.8. The van der Waals surface area contributed by atoms with Crippen LogP contribution in [0.5, 0.6) is 0 Å². The van der Waals surface area contributed by atoms with Crippen molar-refractivity contribution in [3.05, 3.63) is 41.6 Å². The molecule has 25 heavy (non-hydrogen) atoms. The molecule has 0 atom stereocenters. The molecule has 0 fully saturated rings. The number of halogens is 4. The molecule has 4 rings (SSSR count). The summed E-state index contributed by atoms with van der Waals surface area (Å²) in [6.07, 6.45) is -6.63. The van der Waals surface area contributed by atoms with Crippen molar-refractivity contribution < 1.29 is 26.7 Å². The predicted octanol–water partition coefficient (Wildman–Crippen LogP) is 5.13. The van der Waals surface area contributed by atoms with Crippen LogP contribution in [0, 0.1) is 0 Å². The molecule has 4 nitrogen and oxygen atoms in total. The Kier molecular flexibility index (Phi) is 3.55. The molecule has 2 aromatic heterocycles. The average Bonchev–Trinajstić information content (AvgIpc) is 3.03. The number of pyridine rings is 1. The quantitative estimate of drug-likeness (QED) is 0.472. The second-order valence-electron chi connectivity index (χ2n) is 5.30. The second kappa shape index (κ2) is 5.43. The minimum Gasteiger partial charge on any atom is -0.435 e. The standard InChI is InChI=1S/C16H10F4N2O2S/c1-2-25-12-4-3-5-21-13(12)14-22-10-6-8-9(7-11(10)23-14)16(19,20)24-15(8,17)18/h3-7H,2H2,1H3. The lowest BCUT2D eigenvalue weighted by Gasteiger charge is -2.10. The number of ether oxygens (including phenoxy) is 1. The molecule has 3 heterocycles. The van der Waals surface area contributed by atoms with Crippen molar-refractivity contribution in [2.45, 2.75) is 24.0 Å². The largest absolute Gasteiger partial charge is 0.435 e. The molecule has 0 N–H and O–H groups in total. The molecule has 130 valence electrons. The van der Waals surface area contributed by atoms with Gasteiger partial charge in [-0.1, -0.05) is 6.92 Å². The van der Waals surface area contributed by atoms with Gasteiger partial charge in [-0.3, -0.25) is 0 Å². The highest BCUT2D eigenvalue weighted by atomic mass is 32.2. The van der Waals surface area contributed by atoms with Gasteiger partial charge >= 0.3 is 12.2 Å². The average molecular weight is 370 g/mol. The maximum absolute atomic E-state index is 13.7. The van der Waals surface area contributed by atoms with Crippen molar-refractivity contribution in [2.75, 3.05) is 5.75 Å². The van der Waals surface area contributed by atoms with Gasteiger partial charge in [-0.25, -0.2) is 14.7 Å². The molecule has 0 unspecified atom stereocenters. The van der Waals surface area contributed by atoms with E-state index in [0.717, 1.165) is 22.8 Å². The highest BCUT2D eigenvalue weighted by molar-refractivity contribution is 7.99. The number of benzene rings is 1. The second-order valence-corrected chi connectivity index (χ2v) is 6.61. The monoisotopic (exact) mass is 370 g/mol. The first-order valence-corrected chi connectivity index (χ1v) is 8.30. The number of alkyl halides is 4. The summed E-state index contributed by atoms with van der Waals surface area (Å²) in [5.74, 6) is 0.867. The van der Waals surface area contributed by atoms with Gasteiger partial charge in [0, 0.05) is 11.1 Å². The van der Waals surface area contributed by atoms with Gasteiger partial charge in [0.1, 0.15) is 11.2 Å². The van der Waals surface area contributed by atoms with E-state index in [1.807, 2.05) is 13.0 Å². The summed E-state index contributed by atoms with van der Waals surface area (Å²) in [4.78, 5) is 9.14. The van der Waals surface area contributed by atoms with Crippen LogP contribution in [-0.2, 0) is 17.0 Å². The Bertz CT molecular complexity index is 923. The van der Waals surface area contributed by atoms with Gasteiger partial charge in [-0.05, 0) is 30.0 Å². The first kappa shape index (κ1) is 16.3. The first-order valence-electron chi connectivity index (χ1n) is 7.31. The molecule has 0 saturated carbocycles. The fourth-order valence-electron chi connectivity index (χ4n) is 2.65. The topological polar surface area (TPSA) is 48.2 Å². The van der Waals surface area contributed by atoms with Crippen LogP contribution < -0.4 is 0 Å². The highest BCUT2D eigenvalue weighted by Crippen LogP contribution is 2.52. The van der Waals surface area contributed by atoms with Gasteiger partial charge in [-0.2, -0.15) is 17.6 Å². The van der Waals surface area contributed by atoms with E-state index in [9.17, 15) is 17.6 Å². The van der Waals surface area contributed by atoms with Crippen molar-refractivity contribution in [3.63, 3.8) is 0 Å². The number of fused-ring (bicyclic) bond motifs is 2. The van der Waals surface area contributed by atoms with E-state index in [1.54, 1.807) is 12.3 Å². The molecule has 0 bridgehead atoms. The maximum Gasteiger partial charge on any atom is 0.388 e. The van der Waals surface area contributed by atoms with E-state index >= 15 is 0 Å². The van der Waals surface area contributed by atoms with Crippen LogP contribution in [0.3, 0.4) is 0 Å². The Morgan fingerprint density at radius 1 is 1.12 bits per heavy atom. The van der Waals surface area contributed by atoms with Crippen molar-refractivity contribution in [1.29, 1.82) is 0 Å². The summed E-state index contributed by atoms with van der Waals surface area (Å²) < 4.78 is 63.8.